The van der Waals surface area contributed by atoms with Crippen LogP contribution in [0.4, 0.5) is 0 Å². The minimum absolute atomic E-state index is 0.0752. The van der Waals surface area contributed by atoms with Crippen LogP contribution in [0.5, 0.6) is 5.75 Å². The quantitative estimate of drug-likeness (QED) is 0.865. The summed E-state index contributed by atoms with van der Waals surface area (Å²) in [5.41, 5.74) is 1.35. The average molecular weight is 246 g/mol. The summed E-state index contributed by atoms with van der Waals surface area (Å²) in [5.74, 6) is 2.13. The molecule has 0 amide bonds. The van der Waals surface area contributed by atoms with Crippen molar-refractivity contribution in [2.45, 2.75) is 50.5 Å². The number of hydrogen-bond acceptors (Lipinski definition) is 2. The Kier molecular flexibility index (Phi) is 3.55. The van der Waals surface area contributed by atoms with E-state index >= 15 is 0 Å². The summed E-state index contributed by atoms with van der Waals surface area (Å²) in [6.07, 6.45) is 6.82. The highest BCUT2D eigenvalue weighted by Crippen LogP contribution is 2.40. The first-order valence-corrected chi connectivity index (χ1v) is 7.24. The lowest BCUT2D eigenvalue weighted by Crippen LogP contribution is -2.27. The third kappa shape index (κ3) is 2.39. The highest BCUT2D eigenvalue weighted by atomic mass is 16.5. The van der Waals surface area contributed by atoms with Crippen LogP contribution in [0.25, 0.3) is 0 Å². The van der Waals surface area contributed by atoms with Gasteiger partial charge in [-0.15, -0.1) is 0 Å². The summed E-state index contributed by atoms with van der Waals surface area (Å²) in [4.78, 5) is 0. The number of para-hydroxylation sites is 1. The molecule has 1 N–H and O–H groups in total. The summed E-state index contributed by atoms with van der Waals surface area (Å²) in [6.45, 7) is 0.824. The molecule has 1 saturated carbocycles. The molecule has 18 heavy (non-hydrogen) atoms. The van der Waals surface area contributed by atoms with Crippen molar-refractivity contribution in [3.05, 3.63) is 29.8 Å². The van der Waals surface area contributed by atoms with Gasteiger partial charge in [0.25, 0.3) is 0 Å². The van der Waals surface area contributed by atoms with E-state index in [4.69, 9.17) is 4.74 Å². The molecule has 2 nitrogen and oxygen atoms in total. The van der Waals surface area contributed by atoms with Gasteiger partial charge in [-0.3, -0.25) is 0 Å². The lowest BCUT2D eigenvalue weighted by molar-refractivity contribution is 0.0585. The normalized spacial score (nSPS) is 31.5. The minimum Gasteiger partial charge on any atom is -0.493 e. The van der Waals surface area contributed by atoms with Crippen LogP contribution in [0.2, 0.25) is 0 Å². The molecule has 1 aromatic rings. The number of aliphatic hydroxyl groups is 1. The smallest absolute Gasteiger partial charge is 0.122 e. The van der Waals surface area contributed by atoms with E-state index in [1.807, 2.05) is 6.07 Å². The molecule has 0 bridgehead atoms. The van der Waals surface area contributed by atoms with Gasteiger partial charge in [0.2, 0.25) is 0 Å². The third-order valence-corrected chi connectivity index (χ3v) is 4.54. The van der Waals surface area contributed by atoms with Crippen LogP contribution in [0, 0.1) is 5.92 Å². The van der Waals surface area contributed by atoms with Crippen molar-refractivity contribution in [1.29, 1.82) is 0 Å². The van der Waals surface area contributed by atoms with E-state index in [1.165, 1.54) is 24.8 Å². The molecule has 0 saturated heterocycles. The molecular weight excluding hydrogens is 224 g/mol. The van der Waals surface area contributed by atoms with E-state index in [0.29, 0.717) is 11.8 Å². The van der Waals surface area contributed by atoms with Crippen LogP contribution in [0.1, 0.15) is 50.0 Å². The second-order valence-electron chi connectivity index (χ2n) is 5.72. The lowest BCUT2D eigenvalue weighted by atomic mass is 9.77. The molecule has 1 fully saturated rings. The molecule has 0 aromatic heterocycles. The molecule has 3 atom stereocenters. The van der Waals surface area contributed by atoms with Gasteiger partial charge < -0.3 is 9.84 Å². The summed E-state index contributed by atoms with van der Waals surface area (Å²) >= 11 is 0. The first kappa shape index (κ1) is 12.0. The van der Waals surface area contributed by atoms with Crippen LogP contribution < -0.4 is 4.74 Å². The highest BCUT2D eigenvalue weighted by Gasteiger charge is 2.29. The topological polar surface area (TPSA) is 29.5 Å². The van der Waals surface area contributed by atoms with Crippen molar-refractivity contribution in [2.75, 3.05) is 6.61 Å². The zero-order valence-corrected chi connectivity index (χ0v) is 10.8. The number of aliphatic hydroxyl groups excluding tert-OH is 1. The van der Waals surface area contributed by atoms with Crippen LogP contribution in [-0.2, 0) is 0 Å². The van der Waals surface area contributed by atoms with Crippen molar-refractivity contribution in [1.82, 2.24) is 0 Å². The van der Waals surface area contributed by atoms with Crippen LogP contribution >= 0.6 is 0 Å². The fourth-order valence-corrected chi connectivity index (χ4v) is 3.49. The summed E-state index contributed by atoms with van der Waals surface area (Å²) < 4.78 is 5.71. The van der Waals surface area contributed by atoms with Gasteiger partial charge in [0.05, 0.1) is 12.7 Å². The predicted octanol–water partition coefficient (Wildman–Crippen LogP) is 3.49. The van der Waals surface area contributed by atoms with E-state index < -0.39 is 0 Å². The van der Waals surface area contributed by atoms with Crippen LogP contribution in [0.3, 0.4) is 0 Å². The van der Waals surface area contributed by atoms with Crippen molar-refractivity contribution in [3.8, 4) is 5.75 Å². The van der Waals surface area contributed by atoms with E-state index in [-0.39, 0.29) is 6.10 Å². The fraction of sp³-hybridized carbons (Fsp3) is 0.625. The maximum absolute atomic E-state index is 10.1. The maximum Gasteiger partial charge on any atom is 0.122 e. The van der Waals surface area contributed by atoms with Gasteiger partial charge in [-0.2, -0.15) is 0 Å². The second-order valence-corrected chi connectivity index (χ2v) is 5.72. The van der Waals surface area contributed by atoms with Crippen LogP contribution in [-0.4, -0.2) is 17.8 Å². The Balaban J connectivity index is 1.73. The molecule has 0 radical (unpaired) electrons. The Morgan fingerprint density at radius 1 is 1.11 bits per heavy atom. The molecule has 2 aliphatic rings. The third-order valence-electron chi connectivity index (χ3n) is 4.54. The standard InChI is InChI=1S/C16H22O2/c17-15-7-3-1-5-13(15)11-12-9-10-18-16-8-4-2-6-14(12)16/h2,4,6,8,12-13,15,17H,1,3,5,7,9-11H2. The van der Waals surface area contributed by atoms with Gasteiger partial charge in [0.15, 0.2) is 0 Å². The maximum atomic E-state index is 10.1. The van der Waals surface area contributed by atoms with Crippen molar-refractivity contribution in [2.24, 2.45) is 5.92 Å². The Morgan fingerprint density at radius 3 is 2.83 bits per heavy atom. The molecule has 1 aliphatic carbocycles. The van der Waals surface area contributed by atoms with Crippen LogP contribution in [0.15, 0.2) is 24.3 Å². The Bertz CT molecular complexity index is 402. The average Bonchev–Trinajstić information content (AvgIpc) is 2.42. The molecule has 0 spiro atoms. The zero-order valence-electron chi connectivity index (χ0n) is 10.8. The SMILES string of the molecule is OC1CCCCC1CC1CCOc2ccccc21. The molecule has 1 aromatic carbocycles. The van der Waals surface area contributed by atoms with E-state index in [2.05, 4.69) is 18.2 Å². The van der Waals surface area contributed by atoms with Crippen molar-refractivity contribution in [3.63, 3.8) is 0 Å². The Hall–Kier alpha value is -1.02. The lowest BCUT2D eigenvalue weighted by Gasteiger charge is -2.33. The van der Waals surface area contributed by atoms with E-state index in [0.717, 1.165) is 31.6 Å². The number of hydrogen-bond donors (Lipinski definition) is 1. The summed E-state index contributed by atoms with van der Waals surface area (Å²) in [7, 11) is 0. The molecule has 98 valence electrons. The van der Waals surface area contributed by atoms with Gasteiger partial charge in [0.1, 0.15) is 5.75 Å². The molecular formula is C16H22O2. The fourth-order valence-electron chi connectivity index (χ4n) is 3.49. The van der Waals surface area contributed by atoms with Gasteiger partial charge in [-0.05, 0) is 49.1 Å². The van der Waals surface area contributed by atoms with Gasteiger partial charge in [-0.1, -0.05) is 31.0 Å². The highest BCUT2D eigenvalue weighted by molar-refractivity contribution is 5.37. The molecule has 3 unspecified atom stereocenters. The first-order valence-electron chi connectivity index (χ1n) is 7.24. The molecule has 1 heterocycles. The minimum atomic E-state index is -0.0752. The monoisotopic (exact) mass is 246 g/mol. The van der Waals surface area contributed by atoms with E-state index in [9.17, 15) is 5.11 Å². The predicted molar refractivity (Wildman–Crippen MR) is 71.9 cm³/mol. The summed E-state index contributed by atoms with van der Waals surface area (Å²) in [6, 6.07) is 8.39. The van der Waals surface area contributed by atoms with Crippen molar-refractivity contribution >= 4 is 0 Å². The van der Waals surface area contributed by atoms with E-state index in [1.54, 1.807) is 0 Å². The zero-order chi connectivity index (χ0) is 12.4. The van der Waals surface area contributed by atoms with Gasteiger partial charge in [0, 0.05) is 0 Å². The largest absolute Gasteiger partial charge is 0.493 e. The number of fused-ring (bicyclic) bond motifs is 1. The molecule has 1 aliphatic heterocycles. The Labute approximate surface area is 109 Å². The summed E-state index contributed by atoms with van der Waals surface area (Å²) in [5, 5.41) is 10.1. The number of benzene rings is 1. The van der Waals surface area contributed by atoms with Crippen molar-refractivity contribution < 1.29 is 9.84 Å². The van der Waals surface area contributed by atoms with Gasteiger partial charge in [-0.25, -0.2) is 0 Å². The Morgan fingerprint density at radius 2 is 1.94 bits per heavy atom. The van der Waals surface area contributed by atoms with Gasteiger partial charge >= 0.3 is 0 Å². The first-order chi connectivity index (χ1) is 8.84. The number of rotatable bonds is 2. The second kappa shape index (κ2) is 5.31. The molecule has 3 rings (SSSR count). The molecule has 2 heteroatoms. The number of ether oxygens (including phenoxy) is 1.